The van der Waals surface area contributed by atoms with E-state index in [1.165, 1.54) is 38.7 Å². The summed E-state index contributed by atoms with van der Waals surface area (Å²) in [5.41, 5.74) is 0.0204. The number of hydrogen-bond donors (Lipinski definition) is 1. The normalized spacial score (nSPS) is 11.3. The minimum Gasteiger partial charge on any atom is -0.493 e. The number of methoxy groups -OCH3 is 2. The van der Waals surface area contributed by atoms with E-state index >= 15 is 0 Å². The van der Waals surface area contributed by atoms with Crippen LogP contribution in [0.5, 0.6) is 23.1 Å². The molecule has 0 saturated heterocycles. The van der Waals surface area contributed by atoms with Gasteiger partial charge in [-0.05, 0) is 37.3 Å². The lowest BCUT2D eigenvalue weighted by Crippen LogP contribution is -2.32. The van der Waals surface area contributed by atoms with Crippen LogP contribution < -0.4 is 19.5 Å². The van der Waals surface area contributed by atoms with Crippen molar-refractivity contribution in [1.82, 2.24) is 15.1 Å². The standard InChI is InChI=1S/C22H18F2N4O5/c1-12-8-19(28-33-12)27-21(29)22(23,24)13-4-6-14(7-5-13)32-20-15-9-17(30-2)18(31-3)10-16(15)25-11-26-20/h4-11H,1-3H3,(H,27,28,29). The highest BCUT2D eigenvalue weighted by Crippen LogP contribution is 2.36. The molecule has 0 radical (unpaired) electrons. The second-order valence-electron chi connectivity index (χ2n) is 6.88. The fraction of sp³-hybridized carbons (Fsp3) is 0.182. The van der Waals surface area contributed by atoms with Gasteiger partial charge in [0.15, 0.2) is 17.3 Å². The molecule has 33 heavy (non-hydrogen) atoms. The fourth-order valence-electron chi connectivity index (χ4n) is 3.04. The molecule has 9 nitrogen and oxygen atoms in total. The van der Waals surface area contributed by atoms with Crippen molar-refractivity contribution in [2.75, 3.05) is 19.5 Å². The molecule has 4 rings (SSSR count). The average Bonchev–Trinajstić information content (AvgIpc) is 3.23. The number of carbonyl (C=O) groups excluding carboxylic acids is 1. The summed E-state index contributed by atoms with van der Waals surface area (Å²) in [5.74, 6) is -3.70. The molecule has 0 bridgehead atoms. The Morgan fingerprint density at radius 3 is 2.36 bits per heavy atom. The molecule has 2 aromatic heterocycles. The number of amides is 1. The van der Waals surface area contributed by atoms with Gasteiger partial charge in [-0.15, -0.1) is 0 Å². The predicted molar refractivity (Wildman–Crippen MR) is 113 cm³/mol. The molecule has 0 aliphatic carbocycles. The highest BCUT2D eigenvalue weighted by Gasteiger charge is 2.41. The molecule has 1 amide bonds. The number of halogens is 2. The van der Waals surface area contributed by atoms with E-state index in [-0.39, 0.29) is 17.4 Å². The van der Waals surface area contributed by atoms with Gasteiger partial charge in [0.2, 0.25) is 5.88 Å². The van der Waals surface area contributed by atoms with Gasteiger partial charge in [-0.1, -0.05) is 5.16 Å². The second-order valence-corrected chi connectivity index (χ2v) is 6.88. The lowest BCUT2D eigenvalue weighted by molar-refractivity contribution is -0.141. The summed E-state index contributed by atoms with van der Waals surface area (Å²) in [5, 5.41) is 6.05. The molecule has 0 unspecified atom stereocenters. The Morgan fingerprint density at radius 1 is 1.03 bits per heavy atom. The number of nitrogens with one attached hydrogen (secondary N) is 1. The summed E-state index contributed by atoms with van der Waals surface area (Å²) in [7, 11) is 3.00. The van der Waals surface area contributed by atoms with Crippen molar-refractivity contribution < 1.29 is 32.3 Å². The number of ether oxygens (including phenoxy) is 3. The van der Waals surface area contributed by atoms with E-state index in [0.717, 1.165) is 12.1 Å². The molecule has 0 aliphatic heterocycles. The maximum atomic E-state index is 14.6. The van der Waals surface area contributed by atoms with Gasteiger partial charge in [-0.3, -0.25) is 4.79 Å². The van der Waals surface area contributed by atoms with E-state index in [0.29, 0.717) is 28.2 Å². The first-order valence-electron chi connectivity index (χ1n) is 9.59. The van der Waals surface area contributed by atoms with Gasteiger partial charge >= 0.3 is 11.8 Å². The molecule has 1 N–H and O–H groups in total. The number of rotatable bonds is 7. The van der Waals surface area contributed by atoms with Crippen LogP contribution in [0.15, 0.2) is 53.3 Å². The third-order valence-corrected chi connectivity index (χ3v) is 4.69. The molecule has 0 spiro atoms. The SMILES string of the molecule is COc1cc2ncnc(Oc3ccc(C(F)(F)C(=O)Nc4cc(C)on4)cc3)c2cc1OC. The molecule has 0 aliphatic rings. The van der Waals surface area contributed by atoms with Crippen LogP contribution in [-0.2, 0) is 10.7 Å². The molecule has 170 valence electrons. The smallest absolute Gasteiger partial charge is 0.350 e. The first-order valence-corrected chi connectivity index (χ1v) is 9.59. The van der Waals surface area contributed by atoms with Crippen molar-refractivity contribution in [2.45, 2.75) is 12.8 Å². The summed E-state index contributed by atoms with van der Waals surface area (Å²) >= 11 is 0. The van der Waals surface area contributed by atoms with E-state index < -0.39 is 17.4 Å². The summed E-state index contributed by atoms with van der Waals surface area (Å²) in [6.45, 7) is 1.58. The van der Waals surface area contributed by atoms with Gasteiger partial charge in [0, 0.05) is 17.7 Å². The van der Waals surface area contributed by atoms with Gasteiger partial charge in [0.25, 0.3) is 0 Å². The first-order chi connectivity index (χ1) is 15.8. The molecule has 2 aromatic carbocycles. The third-order valence-electron chi connectivity index (χ3n) is 4.69. The van der Waals surface area contributed by atoms with Crippen LogP contribution in [0.1, 0.15) is 11.3 Å². The molecule has 4 aromatic rings. The van der Waals surface area contributed by atoms with Crippen LogP contribution in [0.2, 0.25) is 0 Å². The topological polar surface area (TPSA) is 109 Å². The fourth-order valence-corrected chi connectivity index (χ4v) is 3.04. The maximum absolute atomic E-state index is 14.6. The molecular formula is C22H18F2N4O5. The lowest BCUT2D eigenvalue weighted by Gasteiger charge is -2.16. The summed E-state index contributed by atoms with van der Waals surface area (Å²) in [6, 6.07) is 9.47. The van der Waals surface area contributed by atoms with E-state index in [9.17, 15) is 13.6 Å². The number of nitrogens with zero attached hydrogens (tertiary/aromatic N) is 3. The number of carbonyl (C=O) groups is 1. The Labute approximate surface area is 186 Å². The van der Waals surface area contributed by atoms with Gasteiger partial charge < -0.3 is 24.1 Å². The Balaban J connectivity index is 1.56. The van der Waals surface area contributed by atoms with Crippen LogP contribution in [0.25, 0.3) is 10.9 Å². The Morgan fingerprint density at radius 2 is 1.73 bits per heavy atom. The highest BCUT2D eigenvalue weighted by atomic mass is 19.3. The number of alkyl halides is 2. The largest absolute Gasteiger partial charge is 0.493 e. The zero-order chi connectivity index (χ0) is 23.6. The number of aromatic nitrogens is 3. The molecule has 0 fully saturated rings. The number of aryl methyl sites for hydroxylation is 1. The van der Waals surface area contributed by atoms with Gasteiger partial charge in [0.1, 0.15) is 17.8 Å². The summed E-state index contributed by atoms with van der Waals surface area (Å²) in [6.07, 6.45) is 1.31. The van der Waals surface area contributed by atoms with Crippen molar-refractivity contribution >= 4 is 22.6 Å². The van der Waals surface area contributed by atoms with Gasteiger partial charge in [0.05, 0.1) is 25.1 Å². The Kier molecular flexibility index (Phi) is 5.78. The van der Waals surface area contributed by atoms with Crippen molar-refractivity contribution in [3.8, 4) is 23.1 Å². The zero-order valence-corrected chi connectivity index (χ0v) is 17.8. The molecule has 0 atom stereocenters. The molecule has 0 saturated carbocycles. The quantitative estimate of drug-likeness (QED) is 0.434. The number of benzene rings is 2. The predicted octanol–water partition coefficient (Wildman–Crippen LogP) is 4.47. The zero-order valence-electron chi connectivity index (χ0n) is 17.8. The highest BCUT2D eigenvalue weighted by molar-refractivity contribution is 5.96. The molecule has 11 heteroatoms. The van der Waals surface area contributed by atoms with Crippen molar-refractivity contribution in [2.24, 2.45) is 0 Å². The number of hydrogen-bond acceptors (Lipinski definition) is 8. The van der Waals surface area contributed by atoms with Crippen LogP contribution in [0.3, 0.4) is 0 Å². The van der Waals surface area contributed by atoms with Crippen LogP contribution in [-0.4, -0.2) is 35.3 Å². The van der Waals surface area contributed by atoms with Gasteiger partial charge in [-0.25, -0.2) is 9.97 Å². The van der Waals surface area contributed by atoms with Crippen LogP contribution in [0.4, 0.5) is 14.6 Å². The lowest BCUT2D eigenvalue weighted by atomic mass is 10.1. The van der Waals surface area contributed by atoms with Crippen LogP contribution >= 0.6 is 0 Å². The van der Waals surface area contributed by atoms with Gasteiger partial charge in [-0.2, -0.15) is 8.78 Å². The van der Waals surface area contributed by atoms with E-state index in [2.05, 4.69) is 15.1 Å². The van der Waals surface area contributed by atoms with E-state index in [1.807, 2.05) is 5.32 Å². The summed E-state index contributed by atoms with van der Waals surface area (Å²) in [4.78, 5) is 20.4. The minimum absolute atomic E-state index is 0.0974. The van der Waals surface area contributed by atoms with Crippen LogP contribution in [0, 0.1) is 6.92 Å². The number of anilines is 1. The second kappa shape index (κ2) is 8.69. The monoisotopic (exact) mass is 456 g/mol. The minimum atomic E-state index is -3.81. The maximum Gasteiger partial charge on any atom is 0.350 e. The molecule has 2 heterocycles. The first kappa shape index (κ1) is 21.9. The summed E-state index contributed by atoms with van der Waals surface area (Å²) < 4.78 is 50.3. The molecular weight excluding hydrogens is 438 g/mol. The average molecular weight is 456 g/mol. The van der Waals surface area contributed by atoms with Crippen molar-refractivity contribution in [1.29, 1.82) is 0 Å². The third kappa shape index (κ3) is 4.38. The van der Waals surface area contributed by atoms with Crippen molar-refractivity contribution in [3.05, 3.63) is 60.1 Å². The van der Waals surface area contributed by atoms with Crippen molar-refractivity contribution in [3.63, 3.8) is 0 Å². The van der Waals surface area contributed by atoms with E-state index in [1.54, 1.807) is 19.1 Å². The Bertz CT molecular complexity index is 1310. The number of fused-ring (bicyclic) bond motifs is 1. The Hall–Kier alpha value is -4.28. The van der Waals surface area contributed by atoms with E-state index in [4.69, 9.17) is 18.7 Å².